The fourth-order valence-electron chi connectivity index (χ4n) is 4.09. The zero-order valence-electron chi connectivity index (χ0n) is 20.0. The number of carboxylic acid groups (broad SMARTS) is 1. The van der Waals surface area contributed by atoms with E-state index in [4.69, 9.17) is 4.74 Å². The van der Waals surface area contributed by atoms with Gasteiger partial charge in [0.15, 0.2) is 11.4 Å². The summed E-state index contributed by atoms with van der Waals surface area (Å²) in [6.07, 6.45) is 1.62. The van der Waals surface area contributed by atoms with Crippen molar-refractivity contribution >= 4 is 33.0 Å². The standard InChI is InChI=1S/C25H28N2O5S2/c1-15-11-22(27(5,21-8-9-21)34(30,31)25-26-18(4)14-33-25)23(12-16(15)2)32-13-20-7-6-19(24(28)29)10-17(20)3/h6-7,10-12,14,21H,8-9,13H2,1-5H3/p+1. The summed E-state index contributed by atoms with van der Waals surface area (Å²) < 4.78 is 34.0. The molecule has 1 atom stereocenters. The van der Waals surface area contributed by atoms with Crippen LogP contribution in [0.5, 0.6) is 5.75 Å². The predicted octanol–water partition coefficient (Wildman–Crippen LogP) is 5.14. The van der Waals surface area contributed by atoms with Gasteiger partial charge in [-0.2, -0.15) is 12.3 Å². The molecule has 1 aliphatic carbocycles. The Morgan fingerprint density at radius 2 is 1.79 bits per heavy atom. The first-order valence-electron chi connectivity index (χ1n) is 11.1. The minimum absolute atomic E-state index is 0.0738. The van der Waals surface area contributed by atoms with E-state index in [2.05, 4.69) is 4.98 Å². The summed E-state index contributed by atoms with van der Waals surface area (Å²) in [5.74, 6) is -0.469. The summed E-state index contributed by atoms with van der Waals surface area (Å²) in [6.45, 7) is 7.77. The lowest BCUT2D eigenvalue weighted by Crippen LogP contribution is -2.52. The number of sulfonamides is 1. The average molecular weight is 502 g/mol. The number of nitrogens with zero attached hydrogens (tertiary/aromatic N) is 2. The van der Waals surface area contributed by atoms with E-state index in [0.717, 1.165) is 46.4 Å². The van der Waals surface area contributed by atoms with E-state index < -0.39 is 16.0 Å². The number of carbonyl (C=O) groups is 1. The van der Waals surface area contributed by atoms with Gasteiger partial charge in [-0.15, -0.1) is 11.3 Å². The van der Waals surface area contributed by atoms with Gasteiger partial charge in [0.1, 0.15) is 12.6 Å². The molecule has 1 N–H and O–H groups in total. The molecular formula is C25H29N2O5S2+. The second-order valence-corrected chi connectivity index (χ2v) is 12.3. The van der Waals surface area contributed by atoms with Gasteiger partial charge in [0.25, 0.3) is 4.34 Å². The molecule has 2 aromatic carbocycles. The van der Waals surface area contributed by atoms with Gasteiger partial charge < -0.3 is 9.84 Å². The highest BCUT2D eigenvalue weighted by atomic mass is 32.2. The Morgan fingerprint density at radius 1 is 1.12 bits per heavy atom. The molecule has 0 aliphatic heterocycles. The number of aryl methyl sites for hydroxylation is 4. The van der Waals surface area contributed by atoms with Gasteiger partial charge in [-0.05, 0) is 68.1 Å². The lowest BCUT2D eigenvalue weighted by molar-refractivity contribution is 0.0696. The first-order chi connectivity index (χ1) is 15.9. The Balaban J connectivity index is 1.78. The van der Waals surface area contributed by atoms with Crippen LogP contribution < -0.4 is 8.63 Å². The van der Waals surface area contributed by atoms with E-state index in [0.29, 0.717) is 17.1 Å². The number of hydrogen-bond donors (Lipinski definition) is 1. The molecule has 0 spiro atoms. The fourth-order valence-corrected chi connectivity index (χ4v) is 7.29. The number of ether oxygens (including phenoxy) is 1. The van der Waals surface area contributed by atoms with Crippen LogP contribution in [0.15, 0.2) is 40.1 Å². The Bertz CT molecular complexity index is 1380. The van der Waals surface area contributed by atoms with Crippen LogP contribution in [0, 0.1) is 27.7 Å². The smallest absolute Gasteiger partial charge is 0.359 e. The second-order valence-electron chi connectivity index (χ2n) is 9.09. The molecule has 1 unspecified atom stereocenters. The van der Waals surface area contributed by atoms with Crippen molar-refractivity contribution in [3.63, 3.8) is 0 Å². The van der Waals surface area contributed by atoms with Gasteiger partial charge in [-0.1, -0.05) is 6.07 Å². The van der Waals surface area contributed by atoms with Crippen molar-refractivity contribution in [3.05, 3.63) is 69.2 Å². The Kier molecular flexibility index (Phi) is 6.30. The molecule has 1 heterocycles. The van der Waals surface area contributed by atoms with Gasteiger partial charge in [-0.25, -0.2) is 9.78 Å². The van der Waals surface area contributed by atoms with Gasteiger partial charge in [-0.3, -0.25) is 0 Å². The van der Waals surface area contributed by atoms with Crippen LogP contribution in [0.3, 0.4) is 0 Å². The summed E-state index contributed by atoms with van der Waals surface area (Å²) in [4.78, 5) is 15.6. The largest absolute Gasteiger partial charge is 0.483 e. The Labute approximate surface area is 204 Å². The molecule has 3 aromatic rings. The lowest BCUT2D eigenvalue weighted by atomic mass is 10.1. The van der Waals surface area contributed by atoms with E-state index in [-0.39, 0.29) is 26.4 Å². The van der Waals surface area contributed by atoms with Crippen molar-refractivity contribution in [2.45, 2.75) is 57.5 Å². The van der Waals surface area contributed by atoms with E-state index in [1.165, 1.54) is 0 Å². The van der Waals surface area contributed by atoms with Crippen molar-refractivity contribution in [1.82, 2.24) is 8.87 Å². The molecule has 1 fully saturated rings. The maximum Gasteiger partial charge on any atom is 0.359 e. The minimum atomic E-state index is -3.83. The van der Waals surface area contributed by atoms with Crippen LogP contribution in [0.25, 0.3) is 0 Å². The maximum atomic E-state index is 13.9. The number of aromatic nitrogens is 1. The lowest BCUT2D eigenvalue weighted by Gasteiger charge is -2.33. The van der Waals surface area contributed by atoms with Crippen LogP contribution in [0.4, 0.5) is 5.69 Å². The molecule has 34 heavy (non-hydrogen) atoms. The molecule has 0 saturated heterocycles. The Hall–Kier alpha value is -2.75. The van der Waals surface area contributed by atoms with Crippen LogP contribution in [-0.4, -0.2) is 37.6 Å². The van der Waals surface area contributed by atoms with E-state index in [1.807, 2.05) is 32.9 Å². The Morgan fingerprint density at radius 3 is 2.35 bits per heavy atom. The number of rotatable bonds is 8. The summed E-state index contributed by atoms with van der Waals surface area (Å²) in [7, 11) is -2.08. The summed E-state index contributed by atoms with van der Waals surface area (Å²) in [5.41, 5.74) is 5.13. The van der Waals surface area contributed by atoms with Crippen molar-refractivity contribution in [3.8, 4) is 5.75 Å². The summed E-state index contributed by atoms with van der Waals surface area (Å²) in [5, 5.41) is 11.0. The molecular weight excluding hydrogens is 472 g/mol. The van der Waals surface area contributed by atoms with Crippen LogP contribution >= 0.6 is 11.3 Å². The van der Waals surface area contributed by atoms with Gasteiger partial charge in [0.2, 0.25) is 0 Å². The van der Waals surface area contributed by atoms with Gasteiger partial charge in [0.05, 0.1) is 12.6 Å². The number of carboxylic acids is 1. The molecule has 0 bridgehead atoms. The van der Waals surface area contributed by atoms with Crippen molar-refractivity contribution in [2.24, 2.45) is 0 Å². The summed E-state index contributed by atoms with van der Waals surface area (Å²) >= 11 is 1.15. The number of thiazole rings is 1. The SMILES string of the molecule is Cc1csc(S(=O)(=O)[N+](C)(c2cc(C)c(C)cc2OCc2ccc(C(=O)O)cc2C)C2CC2)n1. The topological polar surface area (TPSA) is 93.6 Å². The zero-order chi connectivity index (χ0) is 24.8. The highest BCUT2D eigenvalue weighted by Crippen LogP contribution is 2.48. The molecule has 180 valence electrons. The van der Waals surface area contributed by atoms with E-state index in [9.17, 15) is 18.3 Å². The molecule has 0 radical (unpaired) electrons. The zero-order valence-corrected chi connectivity index (χ0v) is 21.6. The third-order valence-corrected chi connectivity index (χ3v) is 10.3. The molecule has 7 nitrogen and oxygen atoms in total. The highest BCUT2D eigenvalue weighted by molar-refractivity contribution is 7.92. The molecule has 1 aliphatic rings. The number of quaternary nitrogens is 1. The molecule has 0 amide bonds. The number of benzene rings is 2. The number of aromatic carboxylic acids is 1. The van der Waals surface area contributed by atoms with E-state index >= 15 is 0 Å². The minimum Gasteiger partial charge on any atom is -0.483 e. The monoisotopic (exact) mass is 501 g/mol. The first-order valence-corrected chi connectivity index (χ1v) is 13.4. The van der Waals surface area contributed by atoms with Crippen molar-refractivity contribution in [2.75, 3.05) is 7.05 Å². The quantitative estimate of drug-likeness (QED) is 0.430. The molecule has 4 rings (SSSR count). The van der Waals surface area contributed by atoms with Gasteiger partial charge >= 0.3 is 16.0 Å². The van der Waals surface area contributed by atoms with Crippen LogP contribution in [0.1, 0.15) is 51.1 Å². The predicted molar refractivity (Wildman–Crippen MR) is 133 cm³/mol. The second kappa shape index (κ2) is 8.79. The number of hydrogen-bond acceptors (Lipinski definition) is 6. The molecule has 1 saturated carbocycles. The molecule has 1 aromatic heterocycles. The third kappa shape index (κ3) is 4.23. The fraction of sp³-hybridized carbons (Fsp3) is 0.360. The third-order valence-electron chi connectivity index (χ3n) is 6.59. The maximum absolute atomic E-state index is 13.9. The van der Waals surface area contributed by atoms with Crippen molar-refractivity contribution < 1.29 is 23.1 Å². The van der Waals surface area contributed by atoms with Crippen LogP contribution in [-0.2, 0) is 16.6 Å². The summed E-state index contributed by atoms with van der Waals surface area (Å²) in [6, 6.07) is 8.64. The molecule has 9 heteroatoms. The van der Waals surface area contributed by atoms with Gasteiger partial charge in [0, 0.05) is 30.0 Å². The van der Waals surface area contributed by atoms with Crippen LogP contribution in [0.2, 0.25) is 0 Å². The normalized spacial score (nSPS) is 15.7. The highest BCUT2D eigenvalue weighted by Gasteiger charge is 2.55. The average Bonchev–Trinajstić information content (AvgIpc) is 3.54. The first kappa shape index (κ1) is 24.4. The van der Waals surface area contributed by atoms with Crippen molar-refractivity contribution in [1.29, 1.82) is 0 Å². The van der Waals surface area contributed by atoms with E-state index in [1.54, 1.807) is 37.6 Å².